The van der Waals surface area contributed by atoms with E-state index in [-0.39, 0.29) is 5.91 Å². The van der Waals surface area contributed by atoms with Gasteiger partial charge in [0, 0.05) is 16.7 Å². The fourth-order valence-corrected chi connectivity index (χ4v) is 3.98. The van der Waals surface area contributed by atoms with Crippen LogP contribution in [0.15, 0.2) is 67.4 Å². The highest BCUT2D eigenvalue weighted by molar-refractivity contribution is 7.70. The normalized spacial score (nSPS) is 10.9. The SMILES string of the molecule is C=CC(=O)Nc1cccc(Nc2ncc(Cl)c(Nc3ccccc3P(C)(C)=O)n2)c1. The number of hydrogen-bond acceptors (Lipinski definition) is 6. The maximum atomic E-state index is 12.6. The Labute approximate surface area is 180 Å². The zero-order valence-electron chi connectivity index (χ0n) is 16.5. The minimum absolute atomic E-state index is 0.302. The molecular weight excluding hydrogens is 421 g/mol. The minimum atomic E-state index is -2.50. The molecule has 3 N–H and O–H groups in total. The number of halogens is 1. The Morgan fingerprint density at radius 2 is 1.83 bits per heavy atom. The molecule has 0 bridgehead atoms. The summed E-state index contributed by atoms with van der Waals surface area (Å²) in [6, 6.07) is 14.4. The molecule has 0 unspecified atom stereocenters. The van der Waals surface area contributed by atoms with Gasteiger partial charge >= 0.3 is 0 Å². The number of amides is 1. The standard InChI is InChI=1S/C21H21ClN5O2P/c1-4-19(28)24-14-8-7-9-15(12-14)25-21-23-13-16(22)20(27-21)26-17-10-5-6-11-18(17)30(2,3)29/h4-13H,1H2,2-3H3,(H,24,28)(H2,23,25,26,27). The van der Waals surface area contributed by atoms with Crippen molar-refractivity contribution in [2.45, 2.75) is 0 Å². The first-order valence-corrected chi connectivity index (χ1v) is 12.0. The summed E-state index contributed by atoms with van der Waals surface area (Å²) in [4.78, 5) is 20.1. The summed E-state index contributed by atoms with van der Waals surface area (Å²) in [6.07, 6.45) is 2.67. The third-order valence-corrected chi connectivity index (χ3v) is 5.88. The molecule has 1 aromatic heterocycles. The zero-order valence-corrected chi connectivity index (χ0v) is 18.2. The lowest BCUT2D eigenvalue weighted by atomic mass is 10.2. The highest BCUT2D eigenvalue weighted by Crippen LogP contribution is 2.38. The number of benzene rings is 2. The fraction of sp³-hybridized carbons (Fsp3) is 0.0952. The van der Waals surface area contributed by atoms with E-state index in [9.17, 15) is 9.36 Å². The molecule has 0 aliphatic carbocycles. The molecule has 9 heteroatoms. The van der Waals surface area contributed by atoms with Crippen LogP contribution in [0, 0.1) is 0 Å². The van der Waals surface area contributed by atoms with Crippen LogP contribution in [-0.4, -0.2) is 29.2 Å². The van der Waals surface area contributed by atoms with Crippen molar-refractivity contribution in [3.05, 3.63) is 72.4 Å². The molecule has 0 saturated carbocycles. The highest BCUT2D eigenvalue weighted by Gasteiger charge is 2.17. The van der Waals surface area contributed by atoms with Gasteiger partial charge in [0.25, 0.3) is 0 Å². The second-order valence-electron chi connectivity index (χ2n) is 6.78. The smallest absolute Gasteiger partial charge is 0.247 e. The van der Waals surface area contributed by atoms with Crippen LogP contribution in [0.1, 0.15) is 0 Å². The van der Waals surface area contributed by atoms with Crippen molar-refractivity contribution >= 4 is 58.8 Å². The van der Waals surface area contributed by atoms with Crippen molar-refractivity contribution < 1.29 is 9.36 Å². The lowest BCUT2D eigenvalue weighted by Gasteiger charge is -2.16. The summed E-state index contributed by atoms with van der Waals surface area (Å²) in [5.74, 6) is 0.387. The van der Waals surface area contributed by atoms with Crippen LogP contribution >= 0.6 is 18.7 Å². The largest absolute Gasteiger partial charge is 0.338 e. The highest BCUT2D eigenvalue weighted by atomic mass is 35.5. The molecule has 1 heterocycles. The first-order chi connectivity index (χ1) is 14.3. The average molecular weight is 442 g/mol. The first kappa shape index (κ1) is 21.6. The number of anilines is 5. The average Bonchev–Trinajstić information content (AvgIpc) is 2.70. The van der Waals surface area contributed by atoms with E-state index in [0.29, 0.717) is 39.2 Å². The van der Waals surface area contributed by atoms with Gasteiger partial charge in [-0.05, 0) is 49.7 Å². The molecule has 0 atom stereocenters. The quantitative estimate of drug-likeness (QED) is 0.353. The van der Waals surface area contributed by atoms with Crippen LogP contribution in [-0.2, 0) is 9.36 Å². The van der Waals surface area contributed by atoms with Crippen molar-refractivity contribution in [1.29, 1.82) is 0 Å². The Hall–Kier alpha value is -3.15. The summed E-state index contributed by atoms with van der Waals surface area (Å²) in [7, 11) is -2.50. The van der Waals surface area contributed by atoms with Gasteiger partial charge in [-0.25, -0.2) is 4.98 Å². The summed E-state index contributed by atoms with van der Waals surface area (Å²) in [5, 5.41) is 9.96. The summed E-state index contributed by atoms with van der Waals surface area (Å²) in [6.45, 7) is 6.85. The molecule has 0 radical (unpaired) electrons. The number of aromatic nitrogens is 2. The van der Waals surface area contributed by atoms with E-state index in [1.807, 2.05) is 30.3 Å². The maximum absolute atomic E-state index is 12.6. The molecule has 3 aromatic rings. The van der Waals surface area contributed by atoms with E-state index < -0.39 is 7.14 Å². The second-order valence-corrected chi connectivity index (χ2v) is 10.4. The molecule has 0 aliphatic heterocycles. The van der Waals surface area contributed by atoms with Gasteiger partial charge in [0.05, 0.1) is 11.9 Å². The molecule has 3 rings (SSSR count). The van der Waals surface area contributed by atoms with E-state index in [0.717, 1.165) is 0 Å². The Balaban J connectivity index is 1.85. The predicted molar refractivity (Wildman–Crippen MR) is 124 cm³/mol. The van der Waals surface area contributed by atoms with E-state index in [2.05, 4.69) is 32.5 Å². The van der Waals surface area contributed by atoms with Gasteiger partial charge in [-0.1, -0.05) is 36.4 Å². The molecule has 2 aromatic carbocycles. The molecular formula is C21H21ClN5O2P. The third kappa shape index (κ3) is 5.47. The second kappa shape index (κ2) is 9.11. The Kier molecular flexibility index (Phi) is 6.55. The fourth-order valence-electron chi connectivity index (χ4n) is 2.69. The van der Waals surface area contributed by atoms with Crippen LogP contribution in [0.4, 0.5) is 28.8 Å². The van der Waals surface area contributed by atoms with Crippen molar-refractivity contribution in [2.75, 3.05) is 29.3 Å². The van der Waals surface area contributed by atoms with Crippen LogP contribution in [0.5, 0.6) is 0 Å². The van der Waals surface area contributed by atoms with Crippen molar-refractivity contribution in [3.63, 3.8) is 0 Å². The van der Waals surface area contributed by atoms with Gasteiger partial charge < -0.3 is 20.5 Å². The van der Waals surface area contributed by atoms with Gasteiger partial charge in [0.1, 0.15) is 12.2 Å². The molecule has 0 saturated heterocycles. The van der Waals surface area contributed by atoms with E-state index >= 15 is 0 Å². The number of nitrogens with zero attached hydrogens (tertiary/aromatic N) is 2. The molecule has 0 spiro atoms. The number of nitrogens with one attached hydrogen (secondary N) is 3. The van der Waals surface area contributed by atoms with Crippen molar-refractivity contribution in [1.82, 2.24) is 9.97 Å². The molecule has 0 fully saturated rings. The van der Waals surface area contributed by atoms with E-state index in [1.54, 1.807) is 31.5 Å². The molecule has 0 aliphatic rings. The molecule has 1 amide bonds. The molecule has 154 valence electrons. The van der Waals surface area contributed by atoms with Gasteiger partial charge in [-0.3, -0.25) is 4.79 Å². The topological polar surface area (TPSA) is 96.0 Å². The maximum Gasteiger partial charge on any atom is 0.247 e. The Morgan fingerprint density at radius 1 is 1.10 bits per heavy atom. The van der Waals surface area contributed by atoms with Crippen LogP contribution in [0.25, 0.3) is 0 Å². The predicted octanol–water partition coefficient (Wildman–Crippen LogP) is 4.99. The Bertz CT molecular complexity index is 1150. The molecule has 7 nitrogen and oxygen atoms in total. The number of carbonyl (C=O) groups is 1. The number of hydrogen-bond donors (Lipinski definition) is 3. The Morgan fingerprint density at radius 3 is 2.57 bits per heavy atom. The number of para-hydroxylation sites is 1. The first-order valence-electron chi connectivity index (χ1n) is 9.01. The van der Waals surface area contributed by atoms with Crippen LogP contribution in [0.3, 0.4) is 0 Å². The van der Waals surface area contributed by atoms with Gasteiger partial charge in [0.2, 0.25) is 11.9 Å². The van der Waals surface area contributed by atoms with Gasteiger partial charge in [0.15, 0.2) is 5.82 Å². The summed E-state index contributed by atoms with van der Waals surface area (Å²) < 4.78 is 12.6. The van der Waals surface area contributed by atoms with Gasteiger partial charge in [-0.2, -0.15) is 4.98 Å². The lowest BCUT2D eigenvalue weighted by molar-refractivity contribution is -0.111. The minimum Gasteiger partial charge on any atom is -0.338 e. The van der Waals surface area contributed by atoms with Crippen LogP contribution in [0.2, 0.25) is 5.02 Å². The lowest BCUT2D eigenvalue weighted by Crippen LogP contribution is -2.11. The van der Waals surface area contributed by atoms with Crippen molar-refractivity contribution in [3.8, 4) is 0 Å². The number of carbonyl (C=O) groups excluding carboxylic acids is 1. The van der Waals surface area contributed by atoms with Crippen molar-refractivity contribution in [2.24, 2.45) is 0 Å². The van der Waals surface area contributed by atoms with E-state index in [1.165, 1.54) is 12.3 Å². The third-order valence-electron chi connectivity index (χ3n) is 4.05. The number of rotatable bonds is 7. The van der Waals surface area contributed by atoms with Crippen LogP contribution < -0.4 is 21.3 Å². The van der Waals surface area contributed by atoms with Gasteiger partial charge in [-0.15, -0.1) is 0 Å². The zero-order chi connectivity index (χ0) is 21.7. The summed E-state index contributed by atoms with van der Waals surface area (Å²) >= 11 is 6.27. The van der Waals surface area contributed by atoms with E-state index in [4.69, 9.17) is 11.6 Å². The molecule has 30 heavy (non-hydrogen) atoms. The summed E-state index contributed by atoms with van der Waals surface area (Å²) in [5.41, 5.74) is 1.96. The monoisotopic (exact) mass is 441 g/mol.